The Hall–Kier alpha value is -2.04. The van der Waals surface area contributed by atoms with E-state index >= 15 is 0 Å². The van der Waals surface area contributed by atoms with Crippen LogP contribution in [-0.2, 0) is 0 Å². The van der Waals surface area contributed by atoms with E-state index in [0.717, 1.165) is 5.82 Å². The highest BCUT2D eigenvalue weighted by Gasteiger charge is 2.20. The average Bonchev–Trinajstić information content (AvgIpc) is 2.89. The Morgan fingerprint density at radius 3 is 2.74 bits per heavy atom. The van der Waals surface area contributed by atoms with Crippen molar-refractivity contribution in [2.45, 2.75) is 38.0 Å². The first-order chi connectivity index (χ1) is 9.24. The van der Waals surface area contributed by atoms with Crippen molar-refractivity contribution in [1.29, 1.82) is 0 Å². The van der Waals surface area contributed by atoms with Gasteiger partial charge in [0, 0.05) is 17.7 Å². The van der Waals surface area contributed by atoms with Gasteiger partial charge in [0.2, 0.25) is 0 Å². The number of hydrogen-bond donors (Lipinski definition) is 3. The summed E-state index contributed by atoms with van der Waals surface area (Å²) in [6, 6.07) is 5.01. The lowest BCUT2D eigenvalue weighted by Crippen LogP contribution is -2.06. The Kier molecular flexibility index (Phi) is 3.11. The Morgan fingerprint density at radius 2 is 2.00 bits per heavy atom. The minimum Gasteiger partial charge on any atom is -0.507 e. The molecule has 1 aromatic heterocycles. The highest BCUT2D eigenvalue weighted by atomic mass is 16.3. The number of benzene rings is 1. The lowest BCUT2D eigenvalue weighted by atomic mass is 9.89. The van der Waals surface area contributed by atoms with Gasteiger partial charge in [0.1, 0.15) is 11.6 Å². The molecule has 0 atom stereocenters. The zero-order valence-corrected chi connectivity index (χ0v) is 10.8. The summed E-state index contributed by atoms with van der Waals surface area (Å²) in [5.41, 5.74) is 6.77. The molecule has 4 N–H and O–H groups in total. The maximum Gasteiger partial charge on any atom is 0.184 e. The Bertz CT molecular complexity index is 573. The van der Waals surface area contributed by atoms with E-state index in [-0.39, 0.29) is 5.75 Å². The summed E-state index contributed by atoms with van der Waals surface area (Å²) in [4.78, 5) is 4.53. The van der Waals surface area contributed by atoms with Crippen molar-refractivity contribution in [2.75, 3.05) is 5.73 Å². The fraction of sp³-hybridized carbons (Fsp3) is 0.429. The number of phenolic OH excluding ortho intramolecular Hbond substituents is 1. The SMILES string of the molecule is Nc1ccc(-c2n[nH]c(C3CCCCC3)n2)c(O)c1. The molecule has 1 aliphatic carbocycles. The van der Waals surface area contributed by atoms with Crippen molar-refractivity contribution in [1.82, 2.24) is 15.2 Å². The van der Waals surface area contributed by atoms with Gasteiger partial charge in [-0.1, -0.05) is 19.3 Å². The van der Waals surface area contributed by atoms with Crippen LogP contribution in [0.25, 0.3) is 11.4 Å². The highest BCUT2D eigenvalue weighted by molar-refractivity contribution is 5.67. The van der Waals surface area contributed by atoms with Gasteiger partial charge in [0.15, 0.2) is 5.82 Å². The number of aromatic nitrogens is 3. The molecule has 0 bridgehead atoms. The van der Waals surface area contributed by atoms with Gasteiger partial charge in [-0.15, -0.1) is 0 Å². The van der Waals surface area contributed by atoms with E-state index in [1.165, 1.54) is 38.2 Å². The summed E-state index contributed by atoms with van der Waals surface area (Å²) < 4.78 is 0. The van der Waals surface area contributed by atoms with Crippen LogP contribution in [0.1, 0.15) is 43.8 Å². The Labute approximate surface area is 111 Å². The van der Waals surface area contributed by atoms with Gasteiger partial charge >= 0.3 is 0 Å². The molecule has 19 heavy (non-hydrogen) atoms. The van der Waals surface area contributed by atoms with Crippen molar-refractivity contribution >= 4 is 5.69 Å². The van der Waals surface area contributed by atoms with Crippen molar-refractivity contribution in [3.8, 4) is 17.1 Å². The van der Waals surface area contributed by atoms with Gasteiger partial charge < -0.3 is 10.8 Å². The first-order valence-corrected chi connectivity index (χ1v) is 6.75. The van der Waals surface area contributed by atoms with Crippen LogP contribution in [0.2, 0.25) is 0 Å². The van der Waals surface area contributed by atoms with Gasteiger partial charge in [-0.25, -0.2) is 4.98 Å². The van der Waals surface area contributed by atoms with Gasteiger partial charge in [-0.2, -0.15) is 5.10 Å². The monoisotopic (exact) mass is 258 g/mol. The summed E-state index contributed by atoms with van der Waals surface area (Å²) in [5.74, 6) is 2.07. The lowest BCUT2D eigenvalue weighted by Gasteiger charge is -2.18. The average molecular weight is 258 g/mol. The zero-order chi connectivity index (χ0) is 13.2. The molecule has 0 saturated heterocycles. The zero-order valence-electron chi connectivity index (χ0n) is 10.8. The molecule has 5 heteroatoms. The minimum absolute atomic E-state index is 0.120. The third-order valence-electron chi connectivity index (χ3n) is 3.76. The van der Waals surface area contributed by atoms with Gasteiger partial charge in [0.25, 0.3) is 0 Å². The van der Waals surface area contributed by atoms with Gasteiger partial charge in [0.05, 0.1) is 5.56 Å². The quantitative estimate of drug-likeness (QED) is 0.723. The largest absolute Gasteiger partial charge is 0.507 e. The number of rotatable bonds is 2. The number of aromatic amines is 1. The predicted molar refractivity (Wildman–Crippen MR) is 73.7 cm³/mol. The molecule has 2 aromatic rings. The summed E-state index contributed by atoms with van der Waals surface area (Å²) in [5, 5.41) is 17.1. The maximum absolute atomic E-state index is 9.89. The molecule has 1 heterocycles. The molecule has 0 aliphatic heterocycles. The van der Waals surface area contributed by atoms with E-state index in [2.05, 4.69) is 15.2 Å². The van der Waals surface area contributed by atoms with E-state index in [1.807, 2.05) is 0 Å². The van der Waals surface area contributed by atoms with Gasteiger partial charge in [-0.05, 0) is 25.0 Å². The molecule has 0 amide bonds. The van der Waals surface area contributed by atoms with Crippen LogP contribution in [0.3, 0.4) is 0 Å². The number of phenols is 1. The third-order valence-corrected chi connectivity index (χ3v) is 3.76. The van der Waals surface area contributed by atoms with E-state index < -0.39 is 0 Å². The second-order valence-electron chi connectivity index (χ2n) is 5.16. The summed E-state index contributed by atoms with van der Waals surface area (Å²) in [6.07, 6.45) is 6.17. The number of nitrogens with zero attached hydrogens (tertiary/aromatic N) is 2. The molecule has 1 aromatic carbocycles. The molecule has 1 aliphatic rings. The number of nitrogen functional groups attached to an aromatic ring is 1. The summed E-state index contributed by atoms with van der Waals surface area (Å²) in [6.45, 7) is 0. The fourth-order valence-electron chi connectivity index (χ4n) is 2.69. The molecule has 1 fully saturated rings. The molecule has 0 unspecified atom stereocenters. The number of nitrogens with two attached hydrogens (primary N) is 1. The van der Waals surface area contributed by atoms with Crippen molar-refractivity contribution in [3.05, 3.63) is 24.0 Å². The predicted octanol–water partition coefficient (Wildman–Crippen LogP) is 2.81. The van der Waals surface area contributed by atoms with Crippen LogP contribution >= 0.6 is 0 Å². The van der Waals surface area contributed by atoms with Crippen molar-refractivity contribution in [2.24, 2.45) is 0 Å². The van der Waals surface area contributed by atoms with E-state index in [4.69, 9.17) is 5.73 Å². The van der Waals surface area contributed by atoms with Crippen molar-refractivity contribution in [3.63, 3.8) is 0 Å². The first kappa shape index (κ1) is 12.0. The number of H-pyrrole nitrogens is 1. The number of anilines is 1. The normalized spacial score (nSPS) is 16.6. The minimum atomic E-state index is 0.120. The topological polar surface area (TPSA) is 87.8 Å². The molecule has 5 nitrogen and oxygen atoms in total. The molecular formula is C14H18N4O. The fourth-order valence-corrected chi connectivity index (χ4v) is 2.69. The Morgan fingerprint density at radius 1 is 1.21 bits per heavy atom. The molecule has 3 rings (SSSR count). The maximum atomic E-state index is 9.89. The molecule has 0 radical (unpaired) electrons. The summed E-state index contributed by atoms with van der Waals surface area (Å²) in [7, 11) is 0. The second kappa shape index (κ2) is 4.91. The van der Waals surface area contributed by atoms with Crippen LogP contribution in [0.5, 0.6) is 5.75 Å². The van der Waals surface area contributed by atoms with Crippen LogP contribution in [0.4, 0.5) is 5.69 Å². The molecule has 0 spiro atoms. The van der Waals surface area contributed by atoms with Crippen LogP contribution < -0.4 is 5.73 Å². The second-order valence-corrected chi connectivity index (χ2v) is 5.16. The van der Waals surface area contributed by atoms with E-state index in [1.54, 1.807) is 12.1 Å². The lowest BCUT2D eigenvalue weighted by molar-refractivity contribution is 0.429. The smallest absolute Gasteiger partial charge is 0.184 e. The van der Waals surface area contributed by atoms with Crippen LogP contribution in [0, 0.1) is 0 Å². The van der Waals surface area contributed by atoms with E-state index in [0.29, 0.717) is 23.0 Å². The first-order valence-electron chi connectivity index (χ1n) is 6.75. The highest BCUT2D eigenvalue weighted by Crippen LogP contribution is 2.33. The van der Waals surface area contributed by atoms with Crippen molar-refractivity contribution < 1.29 is 5.11 Å². The van der Waals surface area contributed by atoms with E-state index in [9.17, 15) is 5.11 Å². The number of aromatic hydroxyl groups is 1. The molecule has 100 valence electrons. The standard InChI is InChI=1S/C14H18N4O/c15-10-6-7-11(12(19)8-10)14-16-13(17-18-14)9-4-2-1-3-5-9/h6-9,19H,1-5,15H2,(H,16,17,18). The summed E-state index contributed by atoms with van der Waals surface area (Å²) >= 11 is 0. The number of nitrogens with one attached hydrogen (secondary N) is 1. The van der Waals surface area contributed by atoms with Crippen LogP contribution in [-0.4, -0.2) is 20.3 Å². The molecular weight excluding hydrogens is 240 g/mol. The van der Waals surface area contributed by atoms with Gasteiger partial charge in [-0.3, -0.25) is 5.10 Å². The number of hydrogen-bond acceptors (Lipinski definition) is 4. The Balaban J connectivity index is 1.87. The van der Waals surface area contributed by atoms with Crippen LogP contribution in [0.15, 0.2) is 18.2 Å². The molecule has 1 saturated carbocycles. The third kappa shape index (κ3) is 2.41.